The van der Waals surface area contributed by atoms with Gasteiger partial charge in [0.25, 0.3) is 0 Å². The van der Waals surface area contributed by atoms with Gasteiger partial charge in [-0.1, -0.05) is 6.07 Å². The normalized spacial score (nSPS) is 18.2. The number of guanidine groups is 1. The number of nitrogens with zero attached hydrogens (tertiary/aromatic N) is 3. The fourth-order valence-corrected chi connectivity index (χ4v) is 3.58. The van der Waals surface area contributed by atoms with E-state index in [4.69, 9.17) is 0 Å². The van der Waals surface area contributed by atoms with Crippen LogP contribution in [0.4, 0.5) is 13.2 Å². The summed E-state index contributed by atoms with van der Waals surface area (Å²) in [5.74, 6) is 1.81. The van der Waals surface area contributed by atoms with E-state index in [2.05, 4.69) is 38.8 Å². The van der Waals surface area contributed by atoms with Gasteiger partial charge < -0.3 is 15.0 Å². The lowest BCUT2D eigenvalue weighted by molar-refractivity contribution is -0.154. The van der Waals surface area contributed by atoms with Crippen molar-refractivity contribution in [3.8, 4) is 5.88 Å². The molecule has 1 N–H and O–H groups in total. The summed E-state index contributed by atoms with van der Waals surface area (Å²) in [5, 5.41) is 3.27. The van der Waals surface area contributed by atoms with Crippen molar-refractivity contribution in [1.29, 1.82) is 0 Å². The Bertz CT molecular complexity index is 590. The maximum absolute atomic E-state index is 12.1. The first-order valence-electron chi connectivity index (χ1n) is 7.92. The molecular formula is C16H23F3N4OS. The minimum Gasteiger partial charge on any atom is -0.468 e. The van der Waals surface area contributed by atoms with Crippen LogP contribution in [0, 0.1) is 0 Å². The zero-order valence-electron chi connectivity index (χ0n) is 14.6. The Labute approximate surface area is 150 Å². The Hall–Kier alpha value is -1.64. The van der Waals surface area contributed by atoms with Crippen LogP contribution in [0.1, 0.15) is 19.4 Å². The van der Waals surface area contributed by atoms with Gasteiger partial charge >= 0.3 is 6.18 Å². The van der Waals surface area contributed by atoms with Crippen molar-refractivity contribution < 1.29 is 17.9 Å². The number of thioether (sulfide) groups is 1. The fourth-order valence-electron chi connectivity index (χ4n) is 2.47. The van der Waals surface area contributed by atoms with Crippen molar-refractivity contribution in [2.24, 2.45) is 4.99 Å². The highest BCUT2D eigenvalue weighted by Gasteiger charge is 2.29. The van der Waals surface area contributed by atoms with E-state index in [1.807, 2.05) is 11.8 Å². The summed E-state index contributed by atoms with van der Waals surface area (Å²) >= 11 is 1.95. The van der Waals surface area contributed by atoms with Crippen molar-refractivity contribution in [2.45, 2.75) is 31.3 Å². The lowest BCUT2D eigenvalue weighted by Gasteiger charge is -2.39. The number of hydrogen-bond acceptors (Lipinski definition) is 4. The van der Waals surface area contributed by atoms with Crippen molar-refractivity contribution in [3.63, 3.8) is 0 Å². The minimum atomic E-state index is -4.37. The lowest BCUT2D eigenvalue weighted by Crippen LogP contribution is -2.50. The number of pyridine rings is 1. The predicted octanol–water partition coefficient (Wildman–Crippen LogP) is 2.93. The molecule has 0 bridgehead atoms. The Balaban J connectivity index is 1.87. The van der Waals surface area contributed by atoms with E-state index in [-0.39, 0.29) is 10.6 Å². The van der Waals surface area contributed by atoms with Crippen LogP contribution in [0.25, 0.3) is 0 Å². The molecule has 2 rings (SSSR count). The maximum atomic E-state index is 12.1. The van der Waals surface area contributed by atoms with Gasteiger partial charge in [0.15, 0.2) is 12.6 Å². The fraction of sp³-hybridized carbons (Fsp3) is 0.625. The molecule has 1 aliphatic heterocycles. The summed E-state index contributed by atoms with van der Waals surface area (Å²) in [7, 11) is 1.74. The van der Waals surface area contributed by atoms with E-state index >= 15 is 0 Å². The molecule has 0 aromatic carbocycles. The van der Waals surface area contributed by atoms with Gasteiger partial charge in [-0.15, -0.1) is 0 Å². The number of ether oxygens (including phenoxy) is 1. The van der Waals surface area contributed by atoms with Gasteiger partial charge in [0, 0.05) is 49.4 Å². The molecule has 1 aromatic rings. The third-order valence-electron chi connectivity index (χ3n) is 3.57. The van der Waals surface area contributed by atoms with E-state index in [0.29, 0.717) is 6.54 Å². The van der Waals surface area contributed by atoms with E-state index in [0.717, 1.165) is 30.4 Å². The molecule has 2 heterocycles. The summed E-state index contributed by atoms with van der Waals surface area (Å²) in [6.07, 6.45) is -2.86. The van der Waals surface area contributed by atoms with Crippen LogP contribution in [-0.2, 0) is 6.54 Å². The van der Waals surface area contributed by atoms with E-state index < -0.39 is 12.8 Å². The SMILES string of the molecule is CN=C(NCc1ccc(OCC(F)(F)F)nc1)N1CCSC(C)(C)C1. The third kappa shape index (κ3) is 6.64. The topological polar surface area (TPSA) is 49.8 Å². The monoisotopic (exact) mass is 376 g/mol. The number of alkyl halides is 3. The van der Waals surface area contributed by atoms with Gasteiger partial charge in [-0.3, -0.25) is 4.99 Å². The number of aromatic nitrogens is 1. The standard InChI is InChI=1S/C16H23F3N4OS/c1-15(2)10-23(6-7-25-15)14(20-3)22-9-12-4-5-13(21-8-12)24-11-16(17,18)19/h4-5,8H,6-7,9-11H2,1-3H3,(H,20,22). The van der Waals surface area contributed by atoms with Crippen molar-refractivity contribution in [3.05, 3.63) is 23.9 Å². The highest BCUT2D eigenvalue weighted by atomic mass is 32.2. The zero-order chi connectivity index (χ0) is 18.5. The number of hydrogen-bond donors (Lipinski definition) is 1. The molecule has 0 spiro atoms. The summed E-state index contributed by atoms with van der Waals surface area (Å²) < 4.78 is 41.1. The molecule has 0 radical (unpaired) electrons. The highest BCUT2D eigenvalue weighted by molar-refractivity contribution is 8.00. The smallest absolute Gasteiger partial charge is 0.422 e. The Morgan fingerprint density at radius 3 is 2.76 bits per heavy atom. The van der Waals surface area contributed by atoms with Crippen molar-refractivity contribution >= 4 is 17.7 Å². The second-order valence-electron chi connectivity index (χ2n) is 6.34. The number of halogens is 3. The van der Waals surface area contributed by atoms with Gasteiger partial charge in [-0.2, -0.15) is 24.9 Å². The molecule has 0 atom stereocenters. The molecule has 1 fully saturated rings. The number of aliphatic imine (C=N–C) groups is 1. The largest absolute Gasteiger partial charge is 0.468 e. The number of nitrogens with one attached hydrogen (secondary N) is 1. The molecule has 9 heteroatoms. The second-order valence-corrected chi connectivity index (χ2v) is 8.14. The maximum Gasteiger partial charge on any atom is 0.422 e. The molecule has 1 aromatic heterocycles. The van der Waals surface area contributed by atoms with Crippen molar-refractivity contribution in [1.82, 2.24) is 15.2 Å². The molecule has 1 saturated heterocycles. The average Bonchev–Trinajstić information content (AvgIpc) is 2.53. The summed E-state index contributed by atoms with van der Waals surface area (Å²) in [5.41, 5.74) is 0.839. The molecular weight excluding hydrogens is 353 g/mol. The van der Waals surface area contributed by atoms with Crippen LogP contribution in [0.2, 0.25) is 0 Å². The third-order valence-corrected chi connectivity index (χ3v) is 4.87. The van der Waals surface area contributed by atoms with Crippen LogP contribution in [0.15, 0.2) is 23.3 Å². The van der Waals surface area contributed by atoms with Crippen LogP contribution < -0.4 is 10.1 Å². The molecule has 140 valence electrons. The predicted molar refractivity (Wildman–Crippen MR) is 94.1 cm³/mol. The molecule has 5 nitrogen and oxygen atoms in total. The number of rotatable bonds is 4. The first-order valence-corrected chi connectivity index (χ1v) is 8.91. The van der Waals surface area contributed by atoms with Crippen LogP contribution in [-0.4, -0.2) is 59.3 Å². The highest BCUT2D eigenvalue weighted by Crippen LogP contribution is 2.29. The second kappa shape index (κ2) is 8.16. The van der Waals surface area contributed by atoms with Crippen LogP contribution in [0.5, 0.6) is 5.88 Å². The first kappa shape index (κ1) is 19.7. The zero-order valence-corrected chi connectivity index (χ0v) is 15.4. The van der Waals surface area contributed by atoms with Gasteiger partial charge in [0.1, 0.15) is 0 Å². The minimum absolute atomic E-state index is 0.0414. The Kier molecular flexibility index (Phi) is 6.42. The van der Waals surface area contributed by atoms with Crippen LogP contribution >= 0.6 is 11.8 Å². The average molecular weight is 376 g/mol. The molecule has 1 aliphatic rings. The molecule has 0 saturated carbocycles. The summed E-state index contributed by atoms with van der Waals surface area (Å²) in [4.78, 5) is 10.4. The summed E-state index contributed by atoms with van der Waals surface area (Å²) in [6, 6.07) is 3.13. The van der Waals surface area contributed by atoms with Gasteiger partial charge in [-0.05, 0) is 19.4 Å². The van der Waals surface area contributed by atoms with E-state index in [9.17, 15) is 13.2 Å². The van der Waals surface area contributed by atoms with E-state index in [1.54, 1.807) is 13.1 Å². The van der Waals surface area contributed by atoms with Gasteiger partial charge in [-0.25, -0.2) is 4.98 Å². The van der Waals surface area contributed by atoms with E-state index in [1.165, 1.54) is 12.3 Å². The quantitative estimate of drug-likeness (QED) is 0.647. The van der Waals surface area contributed by atoms with Gasteiger partial charge in [0.2, 0.25) is 5.88 Å². The lowest BCUT2D eigenvalue weighted by atomic mass is 10.2. The molecule has 0 amide bonds. The Morgan fingerprint density at radius 1 is 1.44 bits per heavy atom. The first-order chi connectivity index (χ1) is 11.7. The molecule has 25 heavy (non-hydrogen) atoms. The molecule has 0 aliphatic carbocycles. The molecule has 0 unspecified atom stereocenters. The Morgan fingerprint density at radius 2 is 2.20 bits per heavy atom. The van der Waals surface area contributed by atoms with Gasteiger partial charge in [0.05, 0.1) is 0 Å². The van der Waals surface area contributed by atoms with Crippen molar-refractivity contribution in [2.75, 3.05) is 32.5 Å². The summed E-state index contributed by atoms with van der Waals surface area (Å²) in [6.45, 7) is 5.40. The van der Waals surface area contributed by atoms with Crippen LogP contribution in [0.3, 0.4) is 0 Å².